The highest BCUT2D eigenvalue weighted by Gasteiger charge is 2.26. The molecule has 0 saturated carbocycles. The van der Waals surface area contributed by atoms with E-state index in [2.05, 4.69) is 28.2 Å². The zero-order valence-electron chi connectivity index (χ0n) is 12.4. The van der Waals surface area contributed by atoms with Crippen molar-refractivity contribution < 1.29 is 4.79 Å². The van der Waals surface area contributed by atoms with E-state index >= 15 is 0 Å². The monoisotopic (exact) mass is 292 g/mol. The molecule has 0 bridgehead atoms. The lowest BCUT2D eigenvalue weighted by Gasteiger charge is -2.29. The van der Waals surface area contributed by atoms with Gasteiger partial charge in [-0.3, -0.25) is 4.79 Å². The predicted molar refractivity (Wildman–Crippen MR) is 84.2 cm³/mol. The molecule has 22 heavy (non-hydrogen) atoms. The van der Waals surface area contributed by atoms with Crippen LogP contribution in [0.1, 0.15) is 28.0 Å². The number of carbonyl (C=O) groups is 1. The van der Waals surface area contributed by atoms with Crippen LogP contribution < -0.4 is 4.90 Å². The van der Waals surface area contributed by atoms with E-state index in [9.17, 15) is 4.79 Å². The highest BCUT2D eigenvalue weighted by atomic mass is 16.2. The standard InChI is InChI=1S/C17H16N4O/c1-12-4-5-13-3-2-8-21(14(13)11-12)17(22)15-16-19-7-10-20(16)9-6-18-15/h4-7,9-11H,2-3,8H2,1H3. The molecule has 4 rings (SSSR count). The highest BCUT2D eigenvalue weighted by Crippen LogP contribution is 2.29. The van der Waals surface area contributed by atoms with Gasteiger partial charge >= 0.3 is 0 Å². The normalized spacial score (nSPS) is 14.1. The summed E-state index contributed by atoms with van der Waals surface area (Å²) < 4.78 is 1.82. The summed E-state index contributed by atoms with van der Waals surface area (Å²) in [6.45, 7) is 2.77. The van der Waals surface area contributed by atoms with Gasteiger partial charge in [0.05, 0.1) is 0 Å². The minimum Gasteiger partial charge on any atom is -0.307 e. The Balaban J connectivity index is 1.82. The predicted octanol–water partition coefficient (Wildman–Crippen LogP) is 2.63. The van der Waals surface area contributed by atoms with Crippen molar-refractivity contribution in [2.24, 2.45) is 0 Å². The fraction of sp³-hybridized carbons (Fsp3) is 0.235. The Morgan fingerprint density at radius 1 is 1.18 bits per heavy atom. The average Bonchev–Trinajstić information content (AvgIpc) is 3.02. The third-order valence-electron chi connectivity index (χ3n) is 4.12. The van der Waals surface area contributed by atoms with Crippen molar-refractivity contribution in [3.63, 3.8) is 0 Å². The number of hydrogen-bond donors (Lipinski definition) is 0. The van der Waals surface area contributed by atoms with E-state index < -0.39 is 0 Å². The van der Waals surface area contributed by atoms with Crippen LogP contribution in [-0.4, -0.2) is 26.8 Å². The molecule has 3 heterocycles. The number of amides is 1. The minimum atomic E-state index is -0.0802. The van der Waals surface area contributed by atoms with E-state index in [1.807, 2.05) is 22.4 Å². The van der Waals surface area contributed by atoms with Gasteiger partial charge in [-0.2, -0.15) is 0 Å². The molecule has 0 fully saturated rings. The summed E-state index contributed by atoms with van der Waals surface area (Å²) in [7, 11) is 0. The van der Waals surface area contributed by atoms with Crippen molar-refractivity contribution in [2.45, 2.75) is 19.8 Å². The first-order chi connectivity index (χ1) is 10.7. The molecular weight excluding hydrogens is 276 g/mol. The third-order valence-corrected chi connectivity index (χ3v) is 4.12. The summed E-state index contributed by atoms with van der Waals surface area (Å²) in [6.07, 6.45) is 8.93. The maximum Gasteiger partial charge on any atom is 0.280 e. The molecule has 1 aliphatic heterocycles. The van der Waals surface area contributed by atoms with E-state index in [0.717, 1.165) is 30.6 Å². The van der Waals surface area contributed by atoms with E-state index in [4.69, 9.17) is 0 Å². The van der Waals surface area contributed by atoms with Crippen LogP contribution in [0.4, 0.5) is 5.69 Å². The van der Waals surface area contributed by atoms with Crippen LogP contribution in [0.3, 0.4) is 0 Å². The highest BCUT2D eigenvalue weighted by molar-refractivity contribution is 6.08. The Morgan fingerprint density at radius 2 is 2.00 bits per heavy atom. The minimum absolute atomic E-state index is 0.0802. The van der Waals surface area contributed by atoms with Crippen LogP contribution in [0.2, 0.25) is 0 Å². The van der Waals surface area contributed by atoms with E-state index in [1.165, 1.54) is 5.56 Å². The van der Waals surface area contributed by atoms with Crippen LogP contribution in [0.15, 0.2) is 43.0 Å². The second-order valence-corrected chi connectivity index (χ2v) is 5.63. The van der Waals surface area contributed by atoms with Crippen molar-refractivity contribution in [2.75, 3.05) is 11.4 Å². The van der Waals surface area contributed by atoms with Crippen molar-refractivity contribution in [3.05, 3.63) is 59.8 Å². The zero-order chi connectivity index (χ0) is 15.1. The fourth-order valence-corrected chi connectivity index (χ4v) is 3.03. The van der Waals surface area contributed by atoms with Gasteiger partial charge in [0.1, 0.15) is 0 Å². The molecule has 2 aromatic heterocycles. The molecule has 0 spiro atoms. The fourth-order valence-electron chi connectivity index (χ4n) is 3.03. The van der Waals surface area contributed by atoms with Crippen LogP contribution in [-0.2, 0) is 6.42 Å². The van der Waals surface area contributed by atoms with Gasteiger partial charge in [0, 0.05) is 37.0 Å². The van der Waals surface area contributed by atoms with E-state index in [-0.39, 0.29) is 5.91 Å². The van der Waals surface area contributed by atoms with Gasteiger partial charge in [-0.15, -0.1) is 0 Å². The number of aryl methyl sites for hydroxylation is 2. The molecule has 1 aromatic carbocycles. The Morgan fingerprint density at radius 3 is 2.86 bits per heavy atom. The van der Waals surface area contributed by atoms with Crippen molar-refractivity contribution in [1.29, 1.82) is 0 Å². The molecule has 0 aliphatic carbocycles. The SMILES string of the molecule is Cc1ccc2c(c1)N(C(=O)c1nccn3ccnc13)CCC2. The Labute approximate surface area is 128 Å². The summed E-state index contributed by atoms with van der Waals surface area (Å²) in [5, 5.41) is 0. The van der Waals surface area contributed by atoms with Crippen molar-refractivity contribution in [3.8, 4) is 0 Å². The number of rotatable bonds is 1. The number of nitrogens with zero attached hydrogens (tertiary/aromatic N) is 4. The summed E-state index contributed by atoms with van der Waals surface area (Å²) in [6, 6.07) is 6.30. The maximum atomic E-state index is 13.0. The lowest BCUT2D eigenvalue weighted by atomic mass is 9.99. The molecule has 0 N–H and O–H groups in total. The number of aromatic nitrogens is 3. The van der Waals surface area contributed by atoms with E-state index in [1.54, 1.807) is 18.6 Å². The smallest absolute Gasteiger partial charge is 0.280 e. The first-order valence-electron chi connectivity index (χ1n) is 7.43. The lowest BCUT2D eigenvalue weighted by molar-refractivity contribution is 0.0981. The average molecular weight is 292 g/mol. The molecule has 0 unspecified atom stereocenters. The molecule has 0 radical (unpaired) electrons. The number of anilines is 1. The number of carbonyl (C=O) groups excluding carboxylic acids is 1. The molecule has 0 saturated heterocycles. The van der Waals surface area contributed by atoms with Gasteiger partial charge in [-0.1, -0.05) is 12.1 Å². The number of benzene rings is 1. The molecule has 3 aromatic rings. The van der Waals surface area contributed by atoms with Crippen molar-refractivity contribution >= 4 is 17.2 Å². The molecule has 1 aliphatic rings. The molecule has 5 heteroatoms. The zero-order valence-corrected chi connectivity index (χ0v) is 12.4. The van der Waals surface area contributed by atoms with Gasteiger partial charge in [0.25, 0.3) is 5.91 Å². The second kappa shape index (κ2) is 4.94. The molecule has 0 atom stereocenters. The van der Waals surface area contributed by atoms with E-state index in [0.29, 0.717) is 11.3 Å². The van der Waals surface area contributed by atoms with Gasteiger partial charge in [0.2, 0.25) is 0 Å². The molecule has 1 amide bonds. The summed E-state index contributed by atoms with van der Waals surface area (Å²) in [4.78, 5) is 23.4. The second-order valence-electron chi connectivity index (χ2n) is 5.63. The lowest BCUT2D eigenvalue weighted by Crippen LogP contribution is -2.36. The van der Waals surface area contributed by atoms with Gasteiger partial charge < -0.3 is 9.30 Å². The Bertz CT molecular complexity index is 868. The Kier molecular flexibility index (Phi) is 2.92. The first kappa shape index (κ1) is 13.0. The maximum absolute atomic E-state index is 13.0. The largest absolute Gasteiger partial charge is 0.307 e. The molecular formula is C17H16N4O. The Hall–Kier alpha value is -2.69. The van der Waals surface area contributed by atoms with Gasteiger partial charge in [-0.05, 0) is 37.0 Å². The quantitative estimate of drug-likeness (QED) is 0.693. The van der Waals surface area contributed by atoms with Gasteiger partial charge in [0.15, 0.2) is 11.3 Å². The number of hydrogen-bond acceptors (Lipinski definition) is 3. The number of fused-ring (bicyclic) bond motifs is 2. The molecule has 5 nitrogen and oxygen atoms in total. The number of imidazole rings is 1. The topological polar surface area (TPSA) is 50.5 Å². The van der Waals surface area contributed by atoms with Crippen molar-refractivity contribution in [1.82, 2.24) is 14.4 Å². The van der Waals surface area contributed by atoms with Crippen LogP contribution in [0, 0.1) is 6.92 Å². The molecule has 110 valence electrons. The van der Waals surface area contributed by atoms with Gasteiger partial charge in [-0.25, -0.2) is 9.97 Å². The van der Waals surface area contributed by atoms with Crippen LogP contribution in [0.5, 0.6) is 0 Å². The summed E-state index contributed by atoms with van der Waals surface area (Å²) in [5.74, 6) is -0.0802. The van der Waals surface area contributed by atoms with Crippen LogP contribution in [0.25, 0.3) is 5.65 Å². The summed E-state index contributed by atoms with van der Waals surface area (Å²) in [5.41, 5.74) is 4.40. The van der Waals surface area contributed by atoms with Crippen LogP contribution >= 0.6 is 0 Å². The third kappa shape index (κ3) is 1.97. The summed E-state index contributed by atoms with van der Waals surface area (Å²) >= 11 is 0. The first-order valence-corrected chi connectivity index (χ1v) is 7.43.